The number of hydrogen-bond donors (Lipinski definition) is 1. The Morgan fingerprint density at radius 1 is 0.781 bits per heavy atom. The molecule has 170 valence electrons. The van der Waals surface area contributed by atoms with Gasteiger partial charge in [0.25, 0.3) is 0 Å². The van der Waals surface area contributed by atoms with E-state index in [4.69, 9.17) is 5.11 Å². The molecule has 0 heterocycles. The predicted octanol–water partition coefficient (Wildman–Crippen LogP) is 5.84. The summed E-state index contributed by atoms with van der Waals surface area (Å²) < 4.78 is 0. The molecule has 0 spiro atoms. The summed E-state index contributed by atoms with van der Waals surface area (Å²) in [5.74, 6) is 0.464. The van der Waals surface area contributed by atoms with Gasteiger partial charge in [-0.15, -0.1) is 0 Å². The molecule has 1 aliphatic carbocycles. The van der Waals surface area contributed by atoms with Crippen molar-refractivity contribution in [3.63, 3.8) is 0 Å². The lowest BCUT2D eigenvalue weighted by molar-refractivity contribution is -0.138. The van der Waals surface area contributed by atoms with E-state index in [1.54, 1.807) is 0 Å². The van der Waals surface area contributed by atoms with Crippen LogP contribution >= 0.6 is 0 Å². The van der Waals surface area contributed by atoms with Gasteiger partial charge in [0.1, 0.15) is 11.6 Å². The zero-order valence-corrected chi connectivity index (χ0v) is 19.0. The van der Waals surface area contributed by atoms with E-state index >= 15 is 0 Å². The van der Waals surface area contributed by atoms with Crippen LogP contribution < -0.4 is 0 Å². The molecule has 0 radical (unpaired) electrons. The first kappa shape index (κ1) is 23.9. The third-order valence-corrected chi connectivity index (χ3v) is 6.60. The molecule has 1 aliphatic rings. The highest BCUT2D eigenvalue weighted by atomic mass is 16.4. The second kappa shape index (κ2) is 11.8. The molecule has 2 aromatic rings. The SMILES string of the molecule is Cc1ccc(CC(=O)CCCC(=O)Cc2ccc(C3CCC(CC(=O)O)CC3)cc2)cc1. The van der Waals surface area contributed by atoms with Crippen molar-refractivity contribution in [2.45, 2.75) is 77.0 Å². The molecule has 0 aromatic heterocycles. The average Bonchev–Trinajstić information content (AvgIpc) is 2.76. The van der Waals surface area contributed by atoms with Crippen LogP contribution in [0.2, 0.25) is 0 Å². The number of carboxylic acids is 1. The minimum Gasteiger partial charge on any atom is -0.481 e. The van der Waals surface area contributed by atoms with Crippen LogP contribution in [0.1, 0.15) is 79.5 Å². The molecule has 1 saturated carbocycles. The van der Waals surface area contributed by atoms with Gasteiger partial charge in [-0.05, 0) is 67.6 Å². The molecule has 4 nitrogen and oxygen atoms in total. The molecule has 0 unspecified atom stereocenters. The Bertz CT molecular complexity index is 903. The van der Waals surface area contributed by atoms with Crippen LogP contribution in [0.15, 0.2) is 48.5 Å². The summed E-state index contributed by atoms with van der Waals surface area (Å²) in [6.07, 6.45) is 6.65. The number of rotatable bonds is 11. The van der Waals surface area contributed by atoms with Crippen molar-refractivity contribution in [3.8, 4) is 0 Å². The first-order valence-corrected chi connectivity index (χ1v) is 11.8. The van der Waals surface area contributed by atoms with Crippen molar-refractivity contribution in [1.82, 2.24) is 0 Å². The molecule has 0 bridgehead atoms. The van der Waals surface area contributed by atoms with Gasteiger partial charge < -0.3 is 5.11 Å². The maximum atomic E-state index is 12.3. The van der Waals surface area contributed by atoms with Gasteiger partial charge in [-0.2, -0.15) is 0 Å². The van der Waals surface area contributed by atoms with E-state index in [1.165, 1.54) is 11.1 Å². The number of aryl methyl sites for hydroxylation is 1. The lowest BCUT2D eigenvalue weighted by atomic mass is 9.77. The maximum Gasteiger partial charge on any atom is 0.303 e. The van der Waals surface area contributed by atoms with Crippen molar-refractivity contribution in [1.29, 1.82) is 0 Å². The Hall–Kier alpha value is -2.75. The molecule has 0 amide bonds. The molecule has 2 aromatic carbocycles. The smallest absolute Gasteiger partial charge is 0.303 e. The van der Waals surface area contributed by atoms with Crippen molar-refractivity contribution in [2.24, 2.45) is 5.92 Å². The molecular formula is C28H34O4. The van der Waals surface area contributed by atoms with Gasteiger partial charge in [0, 0.05) is 32.1 Å². The van der Waals surface area contributed by atoms with Crippen LogP contribution in [0, 0.1) is 12.8 Å². The number of carbonyl (C=O) groups is 3. The van der Waals surface area contributed by atoms with Crippen molar-refractivity contribution in [3.05, 3.63) is 70.8 Å². The molecular weight excluding hydrogens is 400 g/mol. The lowest BCUT2D eigenvalue weighted by Crippen LogP contribution is -2.16. The Kier molecular flexibility index (Phi) is 8.78. The summed E-state index contributed by atoms with van der Waals surface area (Å²) in [6.45, 7) is 2.03. The van der Waals surface area contributed by atoms with Gasteiger partial charge in [0.05, 0.1) is 0 Å². The summed E-state index contributed by atoms with van der Waals surface area (Å²) in [7, 11) is 0. The normalized spacial score (nSPS) is 18.3. The Labute approximate surface area is 191 Å². The minimum atomic E-state index is -0.696. The van der Waals surface area contributed by atoms with E-state index in [1.807, 2.05) is 43.3 Å². The summed E-state index contributed by atoms with van der Waals surface area (Å²) in [5, 5.41) is 8.96. The first-order valence-electron chi connectivity index (χ1n) is 11.8. The van der Waals surface area contributed by atoms with Crippen LogP contribution in [0.3, 0.4) is 0 Å². The van der Waals surface area contributed by atoms with E-state index in [2.05, 4.69) is 12.1 Å². The molecule has 4 heteroatoms. The first-order chi connectivity index (χ1) is 15.4. The Morgan fingerprint density at radius 3 is 1.78 bits per heavy atom. The summed E-state index contributed by atoms with van der Waals surface area (Å²) >= 11 is 0. The predicted molar refractivity (Wildman–Crippen MR) is 126 cm³/mol. The van der Waals surface area contributed by atoms with Crippen LogP contribution in [0.25, 0.3) is 0 Å². The van der Waals surface area contributed by atoms with Crippen LogP contribution in [0.5, 0.6) is 0 Å². The second-order valence-corrected chi connectivity index (χ2v) is 9.33. The van der Waals surface area contributed by atoms with Gasteiger partial charge in [0.2, 0.25) is 0 Å². The highest BCUT2D eigenvalue weighted by molar-refractivity contribution is 5.83. The number of benzene rings is 2. The molecule has 1 fully saturated rings. The van der Waals surface area contributed by atoms with E-state index in [9.17, 15) is 14.4 Å². The second-order valence-electron chi connectivity index (χ2n) is 9.33. The van der Waals surface area contributed by atoms with Crippen LogP contribution in [-0.2, 0) is 27.2 Å². The minimum absolute atomic E-state index is 0.176. The number of Topliss-reactive ketones (excluding diaryl/α,β-unsaturated/α-hetero) is 2. The third-order valence-electron chi connectivity index (χ3n) is 6.60. The summed E-state index contributed by atoms with van der Waals surface area (Å²) in [5.41, 5.74) is 4.52. The largest absolute Gasteiger partial charge is 0.481 e. The Balaban J connectivity index is 1.37. The number of aliphatic carboxylic acids is 1. The van der Waals surface area contributed by atoms with E-state index < -0.39 is 5.97 Å². The van der Waals surface area contributed by atoms with Gasteiger partial charge in [0.15, 0.2) is 0 Å². The molecule has 32 heavy (non-hydrogen) atoms. The number of hydrogen-bond acceptors (Lipinski definition) is 3. The fourth-order valence-electron chi connectivity index (χ4n) is 4.68. The van der Waals surface area contributed by atoms with E-state index in [0.29, 0.717) is 43.9 Å². The summed E-state index contributed by atoms with van der Waals surface area (Å²) in [4.78, 5) is 35.4. The van der Waals surface area contributed by atoms with E-state index in [-0.39, 0.29) is 18.0 Å². The fourth-order valence-corrected chi connectivity index (χ4v) is 4.68. The van der Waals surface area contributed by atoms with Gasteiger partial charge >= 0.3 is 5.97 Å². The third kappa shape index (κ3) is 7.74. The van der Waals surface area contributed by atoms with Gasteiger partial charge in [-0.3, -0.25) is 14.4 Å². The lowest BCUT2D eigenvalue weighted by Gasteiger charge is -2.28. The monoisotopic (exact) mass is 434 g/mol. The zero-order chi connectivity index (χ0) is 22.9. The quantitative estimate of drug-likeness (QED) is 0.482. The van der Waals surface area contributed by atoms with Crippen LogP contribution in [0.4, 0.5) is 0 Å². The number of carboxylic acid groups (broad SMARTS) is 1. The van der Waals surface area contributed by atoms with Gasteiger partial charge in [-0.1, -0.05) is 54.1 Å². The number of carbonyl (C=O) groups excluding carboxylic acids is 2. The maximum absolute atomic E-state index is 12.3. The van der Waals surface area contributed by atoms with Crippen molar-refractivity contribution in [2.75, 3.05) is 0 Å². The van der Waals surface area contributed by atoms with Crippen molar-refractivity contribution < 1.29 is 19.5 Å². The topological polar surface area (TPSA) is 71.4 Å². The molecule has 0 aliphatic heterocycles. The summed E-state index contributed by atoms with van der Waals surface area (Å²) in [6, 6.07) is 16.3. The van der Waals surface area contributed by atoms with Gasteiger partial charge in [-0.25, -0.2) is 0 Å². The molecule has 0 atom stereocenters. The number of ketones is 2. The van der Waals surface area contributed by atoms with Crippen molar-refractivity contribution >= 4 is 17.5 Å². The molecule has 0 saturated heterocycles. The van der Waals surface area contributed by atoms with E-state index in [0.717, 1.165) is 36.8 Å². The Morgan fingerprint density at radius 2 is 1.28 bits per heavy atom. The molecule has 1 N–H and O–H groups in total. The average molecular weight is 435 g/mol. The fraction of sp³-hybridized carbons (Fsp3) is 0.464. The standard InChI is InChI=1S/C28H34O4/c1-20-5-7-21(8-6-20)17-26(29)3-2-4-27(30)18-22-9-13-24(14-10-22)25-15-11-23(12-16-25)19-28(31)32/h5-10,13-14,23,25H,2-4,11-12,15-19H2,1H3,(H,31,32). The molecule has 3 rings (SSSR count). The highest BCUT2D eigenvalue weighted by Gasteiger charge is 2.23. The van der Waals surface area contributed by atoms with Crippen LogP contribution in [-0.4, -0.2) is 22.6 Å². The zero-order valence-electron chi connectivity index (χ0n) is 19.0. The highest BCUT2D eigenvalue weighted by Crippen LogP contribution is 2.37.